The van der Waals surface area contributed by atoms with Crippen molar-refractivity contribution >= 4 is 5.97 Å². The van der Waals surface area contributed by atoms with Crippen LogP contribution in [-0.4, -0.2) is 31.8 Å². The molecule has 4 heteroatoms. The van der Waals surface area contributed by atoms with Crippen LogP contribution in [0.25, 0.3) is 0 Å². The van der Waals surface area contributed by atoms with Crippen LogP contribution in [0.2, 0.25) is 0 Å². The van der Waals surface area contributed by atoms with E-state index >= 15 is 0 Å². The number of rotatable bonds is 5. The molecule has 0 amide bonds. The van der Waals surface area contributed by atoms with Crippen molar-refractivity contribution in [2.75, 3.05) is 13.7 Å². The first-order valence-corrected chi connectivity index (χ1v) is 7.28. The first-order chi connectivity index (χ1) is 8.83. The lowest BCUT2D eigenvalue weighted by Gasteiger charge is -2.39. The molecular weight excluding hydrogens is 242 g/mol. The van der Waals surface area contributed by atoms with Crippen molar-refractivity contribution in [2.45, 2.75) is 58.6 Å². The number of carbonyl (C=O) groups excluding carboxylic acids is 1. The maximum Gasteiger partial charge on any atom is 0.322 e. The number of nitrogens with two attached hydrogens (primary N) is 1. The summed E-state index contributed by atoms with van der Waals surface area (Å²) in [7, 11) is 1.36. The summed E-state index contributed by atoms with van der Waals surface area (Å²) in [4.78, 5) is 11.2. The van der Waals surface area contributed by atoms with Crippen molar-refractivity contribution in [2.24, 2.45) is 22.5 Å². The summed E-state index contributed by atoms with van der Waals surface area (Å²) in [6.07, 6.45) is 4.57. The Bertz CT molecular complexity index is 355. The lowest BCUT2D eigenvalue weighted by molar-refractivity contribution is -0.143. The fourth-order valence-electron chi connectivity index (χ4n) is 3.99. The van der Waals surface area contributed by atoms with Gasteiger partial charge in [0.15, 0.2) is 0 Å². The number of carbonyl (C=O) groups is 1. The van der Waals surface area contributed by atoms with Crippen LogP contribution in [0.3, 0.4) is 0 Å². The number of fused-ring (bicyclic) bond motifs is 2. The Labute approximate surface area is 116 Å². The monoisotopic (exact) mass is 269 g/mol. The van der Waals surface area contributed by atoms with E-state index < -0.39 is 6.04 Å². The Morgan fingerprint density at radius 1 is 1.42 bits per heavy atom. The van der Waals surface area contributed by atoms with Crippen molar-refractivity contribution < 1.29 is 14.3 Å². The van der Waals surface area contributed by atoms with E-state index in [1.165, 1.54) is 20.0 Å². The molecule has 4 atom stereocenters. The second kappa shape index (κ2) is 5.06. The molecule has 110 valence electrons. The Kier molecular flexibility index (Phi) is 3.94. The Morgan fingerprint density at radius 2 is 2.11 bits per heavy atom. The zero-order valence-corrected chi connectivity index (χ0v) is 12.6. The number of esters is 1. The van der Waals surface area contributed by atoms with Gasteiger partial charge < -0.3 is 15.2 Å². The molecule has 0 spiro atoms. The highest BCUT2D eigenvalue weighted by molar-refractivity contribution is 5.75. The van der Waals surface area contributed by atoms with E-state index in [-0.39, 0.29) is 11.4 Å². The van der Waals surface area contributed by atoms with E-state index in [9.17, 15) is 4.79 Å². The quantitative estimate of drug-likeness (QED) is 0.776. The molecule has 2 aliphatic carbocycles. The molecule has 0 aromatic heterocycles. The fourth-order valence-corrected chi connectivity index (χ4v) is 3.99. The molecule has 2 bridgehead atoms. The number of hydrogen-bond acceptors (Lipinski definition) is 4. The molecule has 0 heterocycles. The molecule has 0 saturated heterocycles. The van der Waals surface area contributed by atoms with Gasteiger partial charge in [0, 0.05) is 6.61 Å². The predicted octanol–water partition coefficient (Wildman–Crippen LogP) is 2.11. The van der Waals surface area contributed by atoms with Gasteiger partial charge in [-0.25, -0.2) is 0 Å². The van der Waals surface area contributed by atoms with E-state index in [0.29, 0.717) is 24.5 Å². The lowest BCUT2D eigenvalue weighted by Crippen LogP contribution is -2.38. The average molecular weight is 269 g/mol. The van der Waals surface area contributed by atoms with Crippen LogP contribution in [-0.2, 0) is 14.3 Å². The van der Waals surface area contributed by atoms with Crippen LogP contribution < -0.4 is 5.73 Å². The number of methoxy groups -OCH3 is 1. The Morgan fingerprint density at radius 3 is 2.58 bits per heavy atom. The molecule has 0 radical (unpaired) electrons. The van der Waals surface area contributed by atoms with Gasteiger partial charge in [-0.15, -0.1) is 0 Å². The van der Waals surface area contributed by atoms with Crippen molar-refractivity contribution in [3.05, 3.63) is 0 Å². The first kappa shape index (κ1) is 14.8. The predicted molar refractivity (Wildman–Crippen MR) is 73.6 cm³/mol. The standard InChI is InChI=1S/C15H27NO3/c1-14(2)10-5-7-15(14,3)12(9-10)19-8-6-11(16)13(17)18-4/h10-12H,5-9,16H2,1-4H3. The van der Waals surface area contributed by atoms with Crippen LogP contribution in [0, 0.1) is 16.7 Å². The molecule has 0 aromatic carbocycles. The SMILES string of the molecule is COC(=O)C(N)CCOC1CC2CCC1(C)C2(C)C. The van der Waals surface area contributed by atoms with Crippen LogP contribution >= 0.6 is 0 Å². The van der Waals surface area contributed by atoms with Gasteiger partial charge in [0.25, 0.3) is 0 Å². The molecule has 2 fully saturated rings. The highest BCUT2D eigenvalue weighted by Gasteiger charge is 2.61. The van der Waals surface area contributed by atoms with E-state index in [4.69, 9.17) is 10.5 Å². The molecule has 2 saturated carbocycles. The Hall–Kier alpha value is -0.610. The smallest absolute Gasteiger partial charge is 0.322 e. The second-order valence-electron chi connectivity index (χ2n) is 6.89. The van der Waals surface area contributed by atoms with Gasteiger partial charge in [0.05, 0.1) is 13.2 Å². The summed E-state index contributed by atoms with van der Waals surface area (Å²) in [5.74, 6) is 0.417. The molecule has 4 nitrogen and oxygen atoms in total. The minimum atomic E-state index is -0.565. The van der Waals surface area contributed by atoms with Crippen molar-refractivity contribution in [1.82, 2.24) is 0 Å². The average Bonchev–Trinajstić information content (AvgIpc) is 2.70. The topological polar surface area (TPSA) is 61.5 Å². The molecular formula is C15H27NO3. The lowest BCUT2D eigenvalue weighted by atomic mass is 9.70. The third kappa shape index (κ3) is 2.29. The molecule has 2 N–H and O–H groups in total. The maximum absolute atomic E-state index is 11.2. The summed E-state index contributed by atoms with van der Waals surface area (Å²) in [5, 5.41) is 0. The van der Waals surface area contributed by atoms with Gasteiger partial charge in [-0.05, 0) is 42.4 Å². The zero-order chi connectivity index (χ0) is 14.3. The van der Waals surface area contributed by atoms with Crippen LogP contribution in [0.5, 0.6) is 0 Å². The summed E-state index contributed by atoms with van der Waals surface area (Å²) >= 11 is 0. The molecule has 0 aliphatic heterocycles. The van der Waals surface area contributed by atoms with Gasteiger partial charge in [0.1, 0.15) is 6.04 Å². The summed E-state index contributed by atoms with van der Waals surface area (Å²) in [6, 6.07) is -0.565. The second-order valence-corrected chi connectivity index (χ2v) is 6.89. The molecule has 19 heavy (non-hydrogen) atoms. The van der Waals surface area contributed by atoms with E-state index in [1.54, 1.807) is 0 Å². The minimum absolute atomic E-state index is 0.271. The third-order valence-electron chi connectivity index (χ3n) is 5.97. The summed E-state index contributed by atoms with van der Waals surface area (Å²) in [5.41, 5.74) is 6.35. The van der Waals surface area contributed by atoms with Crippen molar-refractivity contribution in [1.29, 1.82) is 0 Å². The normalized spacial score (nSPS) is 37.3. The number of ether oxygens (including phenoxy) is 2. The van der Waals surface area contributed by atoms with Crippen LogP contribution in [0.4, 0.5) is 0 Å². The van der Waals surface area contributed by atoms with Gasteiger partial charge >= 0.3 is 5.97 Å². The highest BCUT2D eigenvalue weighted by atomic mass is 16.5. The van der Waals surface area contributed by atoms with E-state index in [1.807, 2.05) is 0 Å². The maximum atomic E-state index is 11.2. The van der Waals surface area contributed by atoms with Gasteiger partial charge in [-0.3, -0.25) is 4.79 Å². The zero-order valence-electron chi connectivity index (χ0n) is 12.6. The summed E-state index contributed by atoms with van der Waals surface area (Å²) in [6.45, 7) is 7.63. The highest BCUT2D eigenvalue weighted by Crippen LogP contribution is 2.66. The van der Waals surface area contributed by atoms with Crippen molar-refractivity contribution in [3.8, 4) is 0 Å². The van der Waals surface area contributed by atoms with Gasteiger partial charge in [-0.2, -0.15) is 0 Å². The van der Waals surface area contributed by atoms with Crippen LogP contribution in [0.15, 0.2) is 0 Å². The Balaban J connectivity index is 1.84. The fraction of sp³-hybridized carbons (Fsp3) is 0.933. The minimum Gasteiger partial charge on any atom is -0.468 e. The largest absolute Gasteiger partial charge is 0.468 e. The third-order valence-corrected chi connectivity index (χ3v) is 5.97. The van der Waals surface area contributed by atoms with Crippen LogP contribution in [0.1, 0.15) is 46.5 Å². The van der Waals surface area contributed by atoms with Crippen molar-refractivity contribution in [3.63, 3.8) is 0 Å². The van der Waals surface area contributed by atoms with E-state index in [2.05, 4.69) is 25.5 Å². The molecule has 4 unspecified atom stereocenters. The van der Waals surface area contributed by atoms with Gasteiger partial charge in [0.2, 0.25) is 0 Å². The van der Waals surface area contributed by atoms with Gasteiger partial charge in [-0.1, -0.05) is 20.8 Å². The first-order valence-electron chi connectivity index (χ1n) is 7.28. The molecule has 2 rings (SSSR count). The molecule has 0 aromatic rings. The number of hydrogen-bond donors (Lipinski definition) is 1. The van der Waals surface area contributed by atoms with E-state index in [0.717, 1.165) is 12.3 Å². The summed E-state index contributed by atoms with van der Waals surface area (Å²) < 4.78 is 10.7. The molecule has 2 aliphatic rings.